The first-order valence-electron chi connectivity index (χ1n) is 6.35. The molecule has 2 atom stereocenters. The minimum atomic E-state index is 0.0937. The molecule has 104 valence electrons. The van der Waals surface area contributed by atoms with Gasteiger partial charge in [0.2, 0.25) is 5.89 Å². The molecule has 4 nitrogen and oxygen atoms in total. The molecule has 0 amide bonds. The molecule has 3 rings (SSSR count). The average Bonchev–Trinajstić information content (AvgIpc) is 3.05. The molecular weight excluding hydrogens is 294 g/mol. The quantitative estimate of drug-likeness (QED) is 0.693. The van der Waals surface area contributed by atoms with Crippen LogP contribution in [-0.2, 0) is 5.75 Å². The van der Waals surface area contributed by atoms with Crippen molar-refractivity contribution in [3.05, 3.63) is 53.2 Å². The van der Waals surface area contributed by atoms with Crippen LogP contribution in [0.5, 0.6) is 0 Å². The molecule has 1 aromatic carbocycles. The highest BCUT2D eigenvalue weighted by atomic mass is 35.5. The number of nitrogens with zero attached hydrogens (tertiary/aromatic N) is 2. The molecule has 0 radical (unpaired) electrons. The Kier molecular flexibility index (Phi) is 4.10. The number of hydrogen-bond donors (Lipinski definition) is 1. The normalized spacial score (nSPS) is 21.5. The lowest BCUT2D eigenvalue weighted by molar-refractivity contribution is 0.361. The molecule has 20 heavy (non-hydrogen) atoms. The van der Waals surface area contributed by atoms with Gasteiger partial charge in [-0.05, 0) is 24.6 Å². The molecule has 0 saturated heterocycles. The molecule has 0 bridgehead atoms. The predicted octanol–water partition coefficient (Wildman–Crippen LogP) is 3.39. The molecule has 2 aromatic rings. The van der Waals surface area contributed by atoms with E-state index in [1.807, 2.05) is 36.4 Å². The molecule has 0 saturated carbocycles. The SMILES string of the molecule is NC1C=CC(c2nc(CSc3cccc(Cl)c3)no2)C1. The maximum absolute atomic E-state index is 5.95. The standard InChI is InChI=1S/C14H14ClN3OS/c15-10-2-1-3-12(7-10)20-8-13-17-14(19-18-13)9-4-5-11(16)6-9/h1-5,7,9,11H,6,8,16H2. The van der Waals surface area contributed by atoms with Crippen molar-refractivity contribution in [3.63, 3.8) is 0 Å². The number of benzene rings is 1. The first-order valence-corrected chi connectivity index (χ1v) is 7.72. The van der Waals surface area contributed by atoms with Crippen LogP contribution >= 0.6 is 23.4 Å². The van der Waals surface area contributed by atoms with Crippen LogP contribution in [0.15, 0.2) is 45.8 Å². The zero-order valence-corrected chi connectivity index (χ0v) is 12.3. The van der Waals surface area contributed by atoms with Crippen molar-refractivity contribution in [2.45, 2.75) is 29.0 Å². The number of aromatic nitrogens is 2. The van der Waals surface area contributed by atoms with Gasteiger partial charge in [0.1, 0.15) is 0 Å². The van der Waals surface area contributed by atoms with Crippen molar-refractivity contribution in [1.29, 1.82) is 0 Å². The monoisotopic (exact) mass is 307 g/mol. The Bertz CT molecular complexity index is 628. The van der Waals surface area contributed by atoms with Gasteiger partial charge in [-0.15, -0.1) is 11.8 Å². The van der Waals surface area contributed by atoms with E-state index in [0.717, 1.165) is 16.3 Å². The topological polar surface area (TPSA) is 64.9 Å². The van der Waals surface area contributed by atoms with Gasteiger partial charge in [0.05, 0.1) is 11.7 Å². The lowest BCUT2D eigenvalue weighted by Crippen LogP contribution is -2.14. The van der Waals surface area contributed by atoms with Crippen molar-refractivity contribution >= 4 is 23.4 Å². The number of halogens is 1. The number of thioether (sulfide) groups is 1. The summed E-state index contributed by atoms with van der Waals surface area (Å²) in [5, 5.41) is 4.74. The van der Waals surface area contributed by atoms with Gasteiger partial charge in [-0.25, -0.2) is 0 Å². The van der Waals surface area contributed by atoms with E-state index in [0.29, 0.717) is 17.5 Å². The van der Waals surface area contributed by atoms with Gasteiger partial charge >= 0.3 is 0 Å². The second-order valence-electron chi connectivity index (χ2n) is 4.69. The number of nitrogens with two attached hydrogens (primary N) is 1. The van der Waals surface area contributed by atoms with Gasteiger partial charge < -0.3 is 10.3 Å². The van der Waals surface area contributed by atoms with E-state index in [4.69, 9.17) is 21.9 Å². The largest absolute Gasteiger partial charge is 0.339 e. The fourth-order valence-electron chi connectivity index (χ4n) is 2.09. The summed E-state index contributed by atoms with van der Waals surface area (Å²) in [7, 11) is 0. The van der Waals surface area contributed by atoms with Crippen LogP contribution in [-0.4, -0.2) is 16.2 Å². The highest BCUT2D eigenvalue weighted by Crippen LogP contribution is 2.28. The maximum Gasteiger partial charge on any atom is 0.233 e. The van der Waals surface area contributed by atoms with Crippen molar-refractivity contribution in [2.75, 3.05) is 0 Å². The second-order valence-corrected chi connectivity index (χ2v) is 6.17. The number of hydrogen-bond acceptors (Lipinski definition) is 5. The Morgan fingerprint density at radius 3 is 3.05 bits per heavy atom. The van der Waals surface area contributed by atoms with Crippen molar-refractivity contribution in [2.24, 2.45) is 5.73 Å². The summed E-state index contributed by atoms with van der Waals surface area (Å²) in [6, 6.07) is 7.81. The third kappa shape index (κ3) is 3.23. The number of rotatable bonds is 4. The molecule has 0 fully saturated rings. The zero-order valence-electron chi connectivity index (χ0n) is 10.7. The van der Waals surface area contributed by atoms with E-state index in [9.17, 15) is 0 Å². The molecule has 0 spiro atoms. The van der Waals surface area contributed by atoms with Crippen LogP contribution in [0.2, 0.25) is 5.02 Å². The molecule has 6 heteroatoms. The van der Waals surface area contributed by atoms with E-state index in [1.165, 1.54) is 0 Å². The smallest absolute Gasteiger partial charge is 0.233 e. The van der Waals surface area contributed by atoms with Crippen LogP contribution in [0.4, 0.5) is 0 Å². The Labute approximate surface area is 126 Å². The zero-order chi connectivity index (χ0) is 13.9. The minimum absolute atomic E-state index is 0.0937. The van der Waals surface area contributed by atoms with Crippen LogP contribution in [0.25, 0.3) is 0 Å². The Hall–Kier alpha value is -1.30. The summed E-state index contributed by atoms with van der Waals surface area (Å²) in [6.07, 6.45) is 4.85. The van der Waals surface area contributed by atoms with Crippen LogP contribution in [0, 0.1) is 0 Å². The minimum Gasteiger partial charge on any atom is -0.339 e. The van der Waals surface area contributed by atoms with Gasteiger partial charge in [-0.2, -0.15) is 4.98 Å². The highest BCUT2D eigenvalue weighted by molar-refractivity contribution is 7.98. The first-order chi connectivity index (χ1) is 9.70. The molecular formula is C14H14ClN3OS. The van der Waals surface area contributed by atoms with E-state index in [-0.39, 0.29) is 12.0 Å². The van der Waals surface area contributed by atoms with Crippen molar-refractivity contribution in [1.82, 2.24) is 10.1 Å². The van der Waals surface area contributed by atoms with Crippen molar-refractivity contribution in [3.8, 4) is 0 Å². The van der Waals surface area contributed by atoms with Crippen LogP contribution < -0.4 is 5.73 Å². The van der Waals surface area contributed by atoms with E-state index in [2.05, 4.69) is 10.1 Å². The average molecular weight is 308 g/mol. The predicted molar refractivity (Wildman–Crippen MR) is 79.8 cm³/mol. The summed E-state index contributed by atoms with van der Waals surface area (Å²) in [5.74, 6) is 2.16. The van der Waals surface area contributed by atoms with Gasteiger partial charge in [0, 0.05) is 16.0 Å². The molecule has 1 aliphatic carbocycles. The van der Waals surface area contributed by atoms with Gasteiger partial charge in [0.25, 0.3) is 0 Å². The second kappa shape index (κ2) is 5.99. The Morgan fingerprint density at radius 1 is 1.40 bits per heavy atom. The summed E-state index contributed by atoms with van der Waals surface area (Å²) in [4.78, 5) is 5.52. The maximum atomic E-state index is 5.95. The summed E-state index contributed by atoms with van der Waals surface area (Å²) in [6.45, 7) is 0. The molecule has 1 heterocycles. The third-order valence-electron chi connectivity index (χ3n) is 3.08. The van der Waals surface area contributed by atoms with E-state index < -0.39 is 0 Å². The van der Waals surface area contributed by atoms with E-state index in [1.54, 1.807) is 11.8 Å². The lowest BCUT2D eigenvalue weighted by Gasteiger charge is -2.02. The van der Waals surface area contributed by atoms with Crippen LogP contribution in [0.3, 0.4) is 0 Å². The molecule has 1 aromatic heterocycles. The van der Waals surface area contributed by atoms with Gasteiger partial charge in [0.15, 0.2) is 5.82 Å². The third-order valence-corrected chi connectivity index (χ3v) is 4.31. The fourth-order valence-corrected chi connectivity index (χ4v) is 3.14. The summed E-state index contributed by atoms with van der Waals surface area (Å²) >= 11 is 7.58. The molecule has 1 aliphatic rings. The fraction of sp³-hybridized carbons (Fsp3) is 0.286. The molecule has 2 N–H and O–H groups in total. The summed E-state index contributed by atoms with van der Waals surface area (Å²) < 4.78 is 5.30. The summed E-state index contributed by atoms with van der Waals surface area (Å²) in [5.41, 5.74) is 5.82. The molecule has 0 aliphatic heterocycles. The van der Waals surface area contributed by atoms with Gasteiger partial charge in [-0.1, -0.05) is 35.0 Å². The molecule has 2 unspecified atom stereocenters. The van der Waals surface area contributed by atoms with Crippen molar-refractivity contribution < 1.29 is 4.52 Å². The lowest BCUT2D eigenvalue weighted by atomic mass is 10.1. The van der Waals surface area contributed by atoms with Gasteiger partial charge in [-0.3, -0.25) is 0 Å². The van der Waals surface area contributed by atoms with Crippen LogP contribution in [0.1, 0.15) is 24.1 Å². The highest BCUT2D eigenvalue weighted by Gasteiger charge is 2.22. The number of allylic oxidation sites excluding steroid dienone is 1. The van der Waals surface area contributed by atoms with E-state index >= 15 is 0 Å². The Morgan fingerprint density at radius 2 is 2.30 bits per heavy atom. The Balaban J connectivity index is 1.62. The first kappa shape index (κ1) is 13.7.